The van der Waals surface area contributed by atoms with Crippen LogP contribution in [0.5, 0.6) is 0 Å². The van der Waals surface area contributed by atoms with Crippen molar-refractivity contribution in [2.45, 2.75) is 39.0 Å². The zero-order valence-corrected chi connectivity index (χ0v) is 18.2. The highest BCUT2D eigenvalue weighted by molar-refractivity contribution is 6.03. The molecule has 2 aromatic heterocycles. The molecule has 4 aromatic rings. The zero-order valence-electron chi connectivity index (χ0n) is 18.2. The van der Waals surface area contributed by atoms with E-state index in [1.807, 2.05) is 91.2 Å². The third kappa shape index (κ3) is 3.38. The summed E-state index contributed by atoms with van der Waals surface area (Å²) in [5.41, 5.74) is 1.46. The highest BCUT2D eigenvalue weighted by atomic mass is 16.3. The monoisotopic (exact) mass is 427 g/mol. The third-order valence-corrected chi connectivity index (χ3v) is 6.23. The van der Waals surface area contributed by atoms with E-state index in [2.05, 4.69) is 5.32 Å². The van der Waals surface area contributed by atoms with Gasteiger partial charge in [0.15, 0.2) is 0 Å². The van der Waals surface area contributed by atoms with Crippen molar-refractivity contribution in [1.29, 1.82) is 0 Å². The summed E-state index contributed by atoms with van der Waals surface area (Å²) in [6.45, 7) is 4.69. The van der Waals surface area contributed by atoms with E-state index in [4.69, 9.17) is 4.42 Å². The van der Waals surface area contributed by atoms with Gasteiger partial charge in [-0.15, -0.1) is 0 Å². The average molecular weight is 428 g/mol. The number of para-hydroxylation sites is 1. The number of rotatable bonds is 5. The van der Waals surface area contributed by atoms with E-state index in [-0.39, 0.29) is 18.4 Å². The van der Waals surface area contributed by atoms with Gasteiger partial charge in [0.25, 0.3) is 5.91 Å². The summed E-state index contributed by atoms with van der Waals surface area (Å²) in [4.78, 5) is 28.9. The lowest BCUT2D eigenvalue weighted by atomic mass is 9.94. The van der Waals surface area contributed by atoms with E-state index in [0.29, 0.717) is 24.5 Å². The van der Waals surface area contributed by atoms with Gasteiger partial charge in [0.05, 0.1) is 13.1 Å². The minimum Gasteiger partial charge on any atom is -0.464 e. The first-order chi connectivity index (χ1) is 15.5. The number of nitrogens with one attached hydrogen (secondary N) is 1. The number of aromatic nitrogens is 1. The summed E-state index contributed by atoms with van der Waals surface area (Å²) >= 11 is 0. The van der Waals surface area contributed by atoms with Crippen molar-refractivity contribution in [1.82, 2.24) is 14.8 Å². The largest absolute Gasteiger partial charge is 0.464 e. The Labute approximate surface area is 186 Å². The Morgan fingerprint density at radius 3 is 2.56 bits per heavy atom. The molecule has 0 radical (unpaired) electrons. The fourth-order valence-corrected chi connectivity index (χ4v) is 4.45. The smallest absolute Gasteiger partial charge is 0.271 e. The summed E-state index contributed by atoms with van der Waals surface area (Å²) in [7, 11) is 0. The predicted molar refractivity (Wildman–Crippen MR) is 122 cm³/mol. The van der Waals surface area contributed by atoms with Crippen LogP contribution < -0.4 is 5.32 Å². The fraction of sp³-hybridized carbons (Fsp3) is 0.231. The maximum absolute atomic E-state index is 13.7. The van der Waals surface area contributed by atoms with Gasteiger partial charge in [-0.3, -0.25) is 9.59 Å². The quantitative estimate of drug-likeness (QED) is 0.517. The van der Waals surface area contributed by atoms with Crippen LogP contribution in [0, 0.1) is 6.92 Å². The number of amides is 2. The lowest BCUT2D eigenvalue weighted by Gasteiger charge is -2.43. The molecule has 0 fully saturated rings. The first-order valence-corrected chi connectivity index (χ1v) is 10.7. The molecular formula is C26H25N3O3. The van der Waals surface area contributed by atoms with E-state index in [9.17, 15) is 9.59 Å². The first kappa shape index (κ1) is 20.1. The van der Waals surface area contributed by atoms with Crippen LogP contribution in [-0.2, 0) is 24.4 Å². The van der Waals surface area contributed by atoms with Gasteiger partial charge < -0.3 is 19.2 Å². The van der Waals surface area contributed by atoms with Gasteiger partial charge in [-0.1, -0.05) is 48.5 Å². The number of aryl methyl sites for hydroxylation is 1. The summed E-state index contributed by atoms with van der Waals surface area (Å²) in [6, 6.07) is 23.3. The number of carbonyl (C=O) groups is 2. The van der Waals surface area contributed by atoms with E-state index in [1.165, 1.54) is 0 Å². The molecule has 0 bridgehead atoms. The highest BCUT2D eigenvalue weighted by Crippen LogP contribution is 2.33. The van der Waals surface area contributed by atoms with Crippen molar-refractivity contribution < 1.29 is 14.0 Å². The molecule has 1 aliphatic heterocycles. The number of furan rings is 1. The molecule has 0 saturated heterocycles. The number of hydrogen-bond acceptors (Lipinski definition) is 3. The van der Waals surface area contributed by atoms with E-state index >= 15 is 0 Å². The molecule has 0 saturated carbocycles. The highest BCUT2D eigenvalue weighted by Gasteiger charge is 2.47. The maximum Gasteiger partial charge on any atom is 0.271 e. The van der Waals surface area contributed by atoms with Crippen LogP contribution in [-0.4, -0.2) is 26.8 Å². The van der Waals surface area contributed by atoms with Gasteiger partial charge in [0, 0.05) is 17.4 Å². The maximum atomic E-state index is 13.7. The van der Waals surface area contributed by atoms with Crippen LogP contribution in [0.25, 0.3) is 10.9 Å². The average Bonchev–Trinajstić information content (AvgIpc) is 3.39. The van der Waals surface area contributed by atoms with Crippen LogP contribution in [0.3, 0.4) is 0 Å². The number of fused-ring (bicyclic) bond motifs is 3. The molecule has 3 heterocycles. The minimum atomic E-state index is -1.08. The number of benzene rings is 2. The van der Waals surface area contributed by atoms with Crippen molar-refractivity contribution >= 4 is 22.7 Å². The number of hydrogen-bond donors (Lipinski definition) is 1. The fourth-order valence-electron chi connectivity index (χ4n) is 4.45. The Morgan fingerprint density at radius 2 is 1.81 bits per heavy atom. The molecule has 0 unspecified atom stereocenters. The molecule has 1 aliphatic rings. The molecule has 1 atom stereocenters. The topological polar surface area (TPSA) is 67.5 Å². The third-order valence-electron chi connectivity index (χ3n) is 6.23. The second-order valence-corrected chi connectivity index (χ2v) is 8.52. The Morgan fingerprint density at radius 1 is 1.06 bits per heavy atom. The van der Waals surface area contributed by atoms with Gasteiger partial charge in [-0.05, 0) is 43.7 Å². The molecule has 0 spiro atoms. The summed E-state index contributed by atoms with van der Waals surface area (Å²) in [6.07, 6.45) is 0. The number of carbonyl (C=O) groups excluding carboxylic acids is 2. The van der Waals surface area contributed by atoms with Crippen LogP contribution in [0.4, 0.5) is 0 Å². The Balaban J connectivity index is 1.53. The van der Waals surface area contributed by atoms with Crippen molar-refractivity contribution in [3.8, 4) is 0 Å². The first-order valence-electron chi connectivity index (χ1n) is 10.7. The Kier molecular flexibility index (Phi) is 4.85. The Bertz CT molecular complexity index is 1300. The normalized spacial score (nSPS) is 18.1. The second-order valence-electron chi connectivity index (χ2n) is 8.52. The molecule has 0 aliphatic carbocycles. The molecule has 32 heavy (non-hydrogen) atoms. The van der Waals surface area contributed by atoms with Gasteiger partial charge in [0.1, 0.15) is 22.8 Å². The standard InChI is InChI=1S/C26H25N3O3/c1-18-12-13-21(32-18)16-29-24(30)23-14-20-10-6-7-11-22(20)28(23)17-26(29,2)25(31)27-15-19-8-4-3-5-9-19/h3-14H,15-17H2,1-2H3,(H,27,31)/t26-/m0/s1. The zero-order chi connectivity index (χ0) is 22.3. The predicted octanol–water partition coefficient (Wildman–Crippen LogP) is 4.27. The Hall–Kier alpha value is -3.80. The van der Waals surface area contributed by atoms with Crippen LogP contribution in [0.1, 0.15) is 34.5 Å². The van der Waals surface area contributed by atoms with Crippen LogP contribution >= 0.6 is 0 Å². The van der Waals surface area contributed by atoms with Crippen molar-refractivity contribution in [2.75, 3.05) is 0 Å². The summed E-state index contributed by atoms with van der Waals surface area (Å²) < 4.78 is 7.71. The van der Waals surface area contributed by atoms with Gasteiger partial charge in [0.2, 0.25) is 5.91 Å². The molecule has 2 amide bonds. The van der Waals surface area contributed by atoms with Crippen molar-refractivity contribution in [3.05, 3.63) is 95.6 Å². The SMILES string of the molecule is Cc1ccc(CN2C(=O)c3cc4ccccc4n3C[C@@]2(C)C(=O)NCc2ccccc2)o1. The molecule has 162 valence electrons. The van der Waals surface area contributed by atoms with Gasteiger partial charge in [-0.2, -0.15) is 0 Å². The lowest BCUT2D eigenvalue weighted by Crippen LogP contribution is -2.63. The van der Waals surface area contributed by atoms with Crippen LogP contribution in [0.2, 0.25) is 0 Å². The summed E-state index contributed by atoms with van der Waals surface area (Å²) in [5.74, 6) is 1.05. The van der Waals surface area contributed by atoms with Crippen LogP contribution in [0.15, 0.2) is 77.2 Å². The molecule has 2 aromatic carbocycles. The molecular weight excluding hydrogens is 402 g/mol. The molecule has 6 nitrogen and oxygen atoms in total. The molecule has 5 rings (SSSR count). The van der Waals surface area contributed by atoms with Gasteiger partial charge >= 0.3 is 0 Å². The van der Waals surface area contributed by atoms with E-state index < -0.39 is 5.54 Å². The van der Waals surface area contributed by atoms with Gasteiger partial charge in [-0.25, -0.2) is 0 Å². The van der Waals surface area contributed by atoms with E-state index in [0.717, 1.165) is 22.2 Å². The minimum absolute atomic E-state index is 0.182. The number of nitrogens with zero attached hydrogens (tertiary/aromatic N) is 2. The molecule has 1 N–H and O–H groups in total. The summed E-state index contributed by atoms with van der Waals surface area (Å²) in [5, 5.41) is 4.03. The van der Waals surface area contributed by atoms with Crippen molar-refractivity contribution in [2.24, 2.45) is 0 Å². The second kappa shape index (κ2) is 7.71. The lowest BCUT2D eigenvalue weighted by molar-refractivity contribution is -0.133. The molecule has 6 heteroatoms. The van der Waals surface area contributed by atoms with E-state index in [1.54, 1.807) is 4.90 Å². The van der Waals surface area contributed by atoms with Crippen molar-refractivity contribution in [3.63, 3.8) is 0 Å².